The summed E-state index contributed by atoms with van der Waals surface area (Å²) in [6, 6.07) is 7.30. The molecule has 0 saturated carbocycles. The topological polar surface area (TPSA) is 76.8 Å². The molecule has 0 fully saturated rings. The van der Waals surface area contributed by atoms with Crippen LogP contribution in [0, 0.1) is 0 Å². The van der Waals surface area contributed by atoms with Crippen molar-refractivity contribution in [3.8, 4) is 22.8 Å². The number of hydrogen-bond donors (Lipinski definition) is 1. The molecule has 1 aliphatic rings. The lowest BCUT2D eigenvalue weighted by Gasteiger charge is -2.09. The number of rotatable bonds is 6. The second kappa shape index (κ2) is 6.70. The Balaban J connectivity index is 1.61. The van der Waals surface area contributed by atoms with Crippen molar-refractivity contribution in [2.24, 2.45) is 0 Å². The summed E-state index contributed by atoms with van der Waals surface area (Å²) in [6.45, 7) is 1.64. The van der Waals surface area contributed by atoms with E-state index in [-0.39, 0.29) is 19.1 Å². The molecule has 7 heteroatoms. The van der Waals surface area contributed by atoms with Gasteiger partial charge in [-0.1, -0.05) is 5.16 Å². The lowest BCUT2D eigenvalue weighted by Crippen LogP contribution is -2.32. The number of benzene rings is 1. The van der Waals surface area contributed by atoms with Crippen LogP contribution in [0.2, 0.25) is 0 Å². The Morgan fingerprint density at radius 2 is 2.09 bits per heavy atom. The molecule has 1 aromatic heterocycles. The van der Waals surface area contributed by atoms with Crippen LogP contribution in [0.25, 0.3) is 11.3 Å². The van der Waals surface area contributed by atoms with Gasteiger partial charge in [-0.05, 0) is 32.3 Å². The number of amides is 1. The van der Waals surface area contributed by atoms with Gasteiger partial charge in [0.05, 0.1) is 12.1 Å². The number of nitrogens with zero attached hydrogens (tertiary/aromatic N) is 2. The Morgan fingerprint density at radius 3 is 2.91 bits per heavy atom. The molecule has 2 heterocycles. The molecule has 23 heavy (non-hydrogen) atoms. The molecule has 0 unspecified atom stereocenters. The van der Waals surface area contributed by atoms with Crippen molar-refractivity contribution in [1.29, 1.82) is 0 Å². The van der Waals surface area contributed by atoms with Crippen molar-refractivity contribution in [2.75, 3.05) is 34.0 Å². The van der Waals surface area contributed by atoms with Gasteiger partial charge in [0.1, 0.15) is 0 Å². The number of likely N-dealkylation sites (N-methyl/N-ethyl adjacent to an activating group) is 1. The molecule has 0 aliphatic carbocycles. The maximum atomic E-state index is 11.8. The quantitative estimate of drug-likeness (QED) is 0.865. The molecule has 0 spiro atoms. The fourth-order valence-corrected chi connectivity index (χ4v) is 2.23. The van der Waals surface area contributed by atoms with E-state index in [0.717, 1.165) is 12.1 Å². The summed E-state index contributed by atoms with van der Waals surface area (Å²) < 4.78 is 15.9. The van der Waals surface area contributed by atoms with Crippen molar-refractivity contribution in [3.63, 3.8) is 0 Å². The summed E-state index contributed by atoms with van der Waals surface area (Å²) in [7, 11) is 3.92. The number of nitrogens with one attached hydrogen (secondary N) is 1. The first-order valence-corrected chi connectivity index (χ1v) is 7.39. The largest absolute Gasteiger partial charge is 0.454 e. The summed E-state index contributed by atoms with van der Waals surface area (Å²) in [4.78, 5) is 13.9. The van der Waals surface area contributed by atoms with E-state index in [1.165, 1.54) is 0 Å². The highest BCUT2D eigenvalue weighted by Crippen LogP contribution is 2.35. The van der Waals surface area contributed by atoms with E-state index in [4.69, 9.17) is 14.0 Å². The van der Waals surface area contributed by atoms with Gasteiger partial charge in [0.25, 0.3) is 0 Å². The highest BCUT2D eigenvalue weighted by Gasteiger charge is 2.16. The summed E-state index contributed by atoms with van der Waals surface area (Å²) in [5.41, 5.74) is 1.43. The molecule has 1 aromatic carbocycles. The molecule has 1 amide bonds. The molecule has 3 rings (SSSR count). The summed E-state index contributed by atoms with van der Waals surface area (Å²) >= 11 is 0. The molecule has 2 aromatic rings. The zero-order valence-corrected chi connectivity index (χ0v) is 13.2. The molecule has 0 saturated heterocycles. The first kappa shape index (κ1) is 15.4. The van der Waals surface area contributed by atoms with Crippen LogP contribution in [0.3, 0.4) is 0 Å². The van der Waals surface area contributed by atoms with E-state index >= 15 is 0 Å². The molecule has 122 valence electrons. The number of fused-ring (bicyclic) bond motifs is 1. The van der Waals surface area contributed by atoms with Gasteiger partial charge in [-0.25, -0.2) is 0 Å². The maximum absolute atomic E-state index is 11.8. The van der Waals surface area contributed by atoms with Gasteiger partial charge >= 0.3 is 0 Å². The molecule has 0 radical (unpaired) electrons. The van der Waals surface area contributed by atoms with E-state index < -0.39 is 0 Å². The zero-order valence-electron chi connectivity index (χ0n) is 13.2. The van der Waals surface area contributed by atoms with Crippen LogP contribution in [0.4, 0.5) is 0 Å². The van der Waals surface area contributed by atoms with Crippen LogP contribution in [-0.2, 0) is 11.2 Å². The zero-order chi connectivity index (χ0) is 16.2. The van der Waals surface area contributed by atoms with E-state index in [1.807, 2.05) is 37.2 Å². The van der Waals surface area contributed by atoms with Gasteiger partial charge in [-0.3, -0.25) is 4.79 Å². The van der Waals surface area contributed by atoms with Gasteiger partial charge in [0, 0.05) is 24.7 Å². The average Bonchev–Trinajstić information content (AvgIpc) is 3.14. The predicted molar refractivity (Wildman–Crippen MR) is 83.3 cm³/mol. The number of carbonyl (C=O) groups excluding carboxylic acids is 1. The van der Waals surface area contributed by atoms with E-state index in [0.29, 0.717) is 29.5 Å². The van der Waals surface area contributed by atoms with Crippen LogP contribution in [-0.4, -0.2) is 49.9 Å². The monoisotopic (exact) mass is 317 g/mol. The molecule has 0 atom stereocenters. The van der Waals surface area contributed by atoms with Gasteiger partial charge in [-0.15, -0.1) is 0 Å². The maximum Gasteiger partial charge on any atom is 0.231 e. The highest BCUT2D eigenvalue weighted by atomic mass is 16.7. The Labute approximate surface area is 134 Å². The third-order valence-electron chi connectivity index (χ3n) is 3.44. The second-order valence-corrected chi connectivity index (χ2v) is 5.58. The minimum Gasteiger partial charge on any atom is -0.454 e. The minimum atomic E-state index is -0.0719. The fourth-order valence-electron chi connectivity index (χ4n) is 2.23. The minimum absolute atomic E-state index is 0.0719. The van der Waals surface area contributed by atoms with Crippen molar-refractivity contribution >= 4 is 5.91 Å². The Bertz CT molecular complexity index is 696. The first-order valence-electron chi connectivity index (χ1n) is 7.39. The van der Waals surface area contributed by atoms with Crippen molar-refractivity contribution in [2.45, 2.75) is 6.42 Å². The van der Waals surface area contributed by atoms with Crippen LogP contribution in [0.1, 0.15) is 5.69 Å². The first-order chi connectivity index (χ1) is 11.1. The standard InChI is InChI=1S/C16H19N3O4/c1-19(2)6-5-17-16(20)9-12-8-14(23-18-12)11-3-4-13-15(7-11)22-10-21-13/h3-4,7-8H,5-6,9-10H2,1-2H3,(H,17,20). The van der Waals surface area contributed by atoms with Gasteiger partial charge in [0.2, 0.25) is 12.7 Å². The summed E-state index contributed by atoms with van der Waals surface area (Å²) in [5.74, 6) is 1.92. The third kappa shape index (κ3) is 3.81. The number of carbonyl (C=O) groups is 1. The summed E-state index contributed by atoms with van der Waals surface area (Å²) in [5, 5.41) is 6.80. The Hall–Kier alpha value is -2.54. The number of aromatic nitrogens is 1. The Morgan fingerprint density at radius 1 is 1.26 bits per heavy atom. The smallest absolute Gasteiger partial charge is 0.231 e. The third-order valence-corrected chi connectivity index (χ3v) is 3.44. The molecule has 0 bridgehead atoms. The summed E-state index contributed by atoms with van der Waals surface area (Å²) in [6.07, 6.45) is 0.196. The van der Waals surface area contributed by atoms with E-state index in [2.05, 4.69) is 10.5 Å². The van der Waals surface area contributed by atoms with Crippen LogP contribution < -0.4 is 14.8 Å². The normalized spacial score (nSPS) is 12.7. The van der Waals surface area contributed by atoms with Crippen LogP contribution in [0.15, 0.2) is 28.8 Å². The van der Waals surface area contributed by atoms with Gasteiger partial charge in [0.15, 0.2) is 17.3 Å². The average molecular weight is 317 g/mol. The lowest BCUT2D eigenvalue weighted by atomic mass is 10.1. The van der Waals surface area contributed by atoms with Gasteiger partial charge in [-0.2, -0.15) is 0 Å². The van der Waals surface area contributed by atoms with E-state index in [9.17, 15) is 4.79 Å². The lowest BCUT2D eigenvalue weighted by molar-refractivity contribution is -0.120. The second-order valence-electron chi connectivity index (χ2n) is 5.58. The fraction of sp³-hybridized carbons (Fsp3) is 0.375. The van der Waals surface area contributed by atoms with Crippen molar-refractivity contribution in [3.05, 3.63) is 30.0 Å². The number of hydrogen-bond acceptors (Lipinski definition) is 6. The van der Waals surface area contributed by atoms with E-state index in [1.54, 1.807) is 6.07 Å². The number of ether oxygens (including phenoxy) is 2. The van der Waals surface area contributed by atoms with Crippen molar-refractivity contribution in [1.82, 2.24) is 15.4 Å². The highest BCUT2D eigenvalue weighted by molar-refractivity contribution is 5.78. The van der Waals surface area contributed by atoms with Crippen LogP contribution >= 0.6 is 0 Å². The molecule has 7 nitrogen and oxygen atoms in total. The van der Waals surface area contributed by atoms with Crippen molar-refractivity contribution < 1.29 is 18.8 Å². The SMILES string of the molecule is CN(C)CCNC(=O)Cc1cc(-c2ccc3c(c2)OCO3)on1. The van der Waals surface area contributed by atoms with Crippen LogP contribution in [0.5, 0.6) is 11.5 Å². The van der Waals surface area contributed by atoms with Gasteiger partial charge < -0.3 is 24.2 Å². The molecular formula is C16H19N3O4. The molecular weight excluding hydrogens is 298 g/mol. The predicted octanol–water partition coefficient (Wildman–Crippen LogP) is 1.29. The molecule has 1 aliphatic heterocycles. The molecule has 1 N–H and O–H groups in total. The Kier molecular flexibility index (Phi) is 4.47.